The number of carbonyl (C=O) groups is 2. The third-order valence-electron chi connectivity index (χ3n) is 3.47. The van der Waals surface area contributed by atoms with E-state index in [1.54, 1.807) is 6.08 Å². The SMILES string of the molecule is N[C@@H](CS(=O)(=O)CC1CC1)C(=O)NC1=CCCCC1=O. The molecule has 0 spiro atoms. The predicted molar refractivity (Wildman–Crippen MR) is 74.4 cm³/mol. The minimum atomic E-state index is -3.31. The maximum atomic E-state index is 11.8. The van der Waals surface area contributed by atoms with Gasteiger partial charge in [-0.2, -0.15) is 0 Å². The van der Waals surface area contributed by atoms with Crippen LogP contribution >= 0.6 is 0 Å². The largest absolute Gasteiger partial charge is 0.322 e. The molecule has 2 aliphatic carbocycles. The number of ketones is 1. The molecule has 0 aromatic rings. The van der Waals surface area contributed by atoms with Crippen molar-refractivity contribution in [2.45, 2.75) is 38.1 Å². The molecule has 0 heterocycles. The molecule has 1 atom stereocenters. The maximum absolute atomic E-state index is 11.8. The van der Waals surface area contributed by atoms with Gasteiger partial charge in [0.2, 0.25) is 5.91 Å². The van der Waals surface area contributed by atoms with Crippen LogP contribution in [0.1, 0.15) is 32.1 Å². The van der Waals surface area contributed by atoms with Gasteiger partial charge in [-0.1, -0.05) is 6.08 Å². The van der Waals surface area contributed by atoms with E-state index >= 15 is 0 Å². The first kappa shape index (κ1) is 15.2. The van der Waals surface area contributed by atoms with E-state index in [-0.39, 0.29) is 28.9 Å². The van der Waals surface area contributed by atoms with Gasteiger partial charge in [-0.25, -0.2) is 8.42 Å². The van der Waals surface area contributed by atoms with E-state index in [2.05, 4.69) is 5.32 Å². The highest BCUT2D eigenvalue weighted by Gasteiger charge is 2.31. The topological polar surface area (TPSA) is 106 Å². The van der Waals surface area contributed by atoms with Crippen molar-refractivity contribution in [3.8, 4) is 0 Å². The Balaban J connectivity index is 1.88. The van der Waals surface area contributed by atoms with Gasteiger partial charge in [0.05, 0.1) is 23.2 Å². The summed E-state index contributed by atoms with van der Waals surface area (Å²) in [5, 5.41) is 2.44. The average molecular weight is 300 g/mol. The Morgan fingerprint density at radius 3 is 2.75 bits per heavy atom. The van der Waals surface area contributed by atoms with Gasteiger partial charge in [-0.05, 0) is 31.6 Å². The van der Waals surface area contributed by atoms with Crippen molar-refractivity contribution < 1.29 is 18.0 Å². The highest BCUT2D eigenvalue weighted by Crippen LogP contribution is 2.30. The molecule has 0 aromatic heterocycles. The number of amides is 1. The van der Waals surface area contributed by atoms with E-state index in [1.165, 1.54) is 0 Å². The third kappa shape index (κ3) is 4.42. The van der Waals surface area contributed by atoms with Gasteiger partial charge in [0.1, 0.15) is 0 Å². The quantitative estimate of drug-likeness (QED) is 0.712. The molecule has 7 heteroatoms. The van der Waals surface area contributed by atoms with E-state index in [1.807, 2.05) is 0 Å². The van der Waals surface area contributed by atoms with Crippen LogP contribution in [0.15, 0.2) is 11.8 Å². The second kappa shape index (κ2) is 6.05. The minimum absolute atomic E-state index is 0.107. The number of rotatable bonds is 6. The van der Waals surface area contributed by atoms with Crippen LogP contribution in [0, 0.1) is 5.92 Å². The summed E-state index contributed by atoms with van der Waals surface area (Å²) >= 11 is 0. The molecule has 0 bridgehead atoms. The Morgan fingerprint density at radius 1 is 1.45 bits per heavy atom. The normalized spacial score (nSPS) is 21.2. The lowest BCUT2D eigenvalue weighted by Crippen LogP contribution is -2.46. The Kier molecular flexibility index (Phi) is 4.59. The first-order valence-electron chi connectivity index (χ1n) is 6.87. The smallest absolute Gasteiger partial charge is 0.242 e. The zero-order valence-corrected chi connectivity index (χ0v) is 12.1. The highest BCUT2D eigenvalue weighted by molar-refractivity contribution is 7.91. The zero-order valence-electron chi connectivity index (χ0n) is 11.3. The minimum Gasteiger partial charge on any atom is -0.322 e. The number of Topliss-reactive ketones (excluding diaryl/α,β-unsaturated/α-hetero) is 1. The van der Waals surface area contributed by atoms with Gasteiger partial charge in [-0.15, -0.1) is 0 Å². The molecular formula is C13H20N2O4S. The molecule has 1 fully saturated rings. The zero-order chi connectivity index (χ0) is 14.8. The molecule has 0 radical (unpaired) electrons. The van der Waals surface area contributed by atoms with Crippen molar-refractivity contribution in [2.75, 3.05) is 11.5 Å². The van der Waals surface area contributed by atoms with Crippen LogP contribution in [-0.2, 0) is 19.4 Å². The van der Waals surface area contributed by atoms with Crippen LogP contribution in [-0.4, -0.2) is 37.7 Å². The molecule has 0 saturated heterocycles. The van der Waals surface area contributed by atoms with Gasteiger partial charge in [0.15, 0.2) is 15.6 Å². The van der Waals surface area contributed by atoms with E-state index in [4.69, 9.17) is 5.73 Å². The summed E-state index contributed by atoms with van der Waals surface area (Å²) in [5.41, 5.74) is 5.88. The lowest BCUT2D eigenvalue weighted by atomic mass is 10.0. The lowest BCUT2D eigenvalue weighted by Gasteiger charge is -2.16. The van der Waals surface area contributed by atoms with Crippen LogP contribution in [0.4, 0.5) is 0 Å². The van der Waals surface area contributed by atoms with Crippen molar-refractivity contribution >= 4 is 21.5 Å². The van der Waals surface area contributed by atoms with Crippen LogP contribution < -0.4 is 11.1 Å². The van der Waals surface area contributed by atoms with Crippen LogP contribution in [0.2, 0.25) is 0 Å². The fraction of sp³-hybridized carbons (Fsp3) is 0.692. The number of carbonyl (C=O) groups excluding carboxylic acids is 2. The van der Waals surface area contributed by atoms with E-state index < -0.39 is 21.8 Å². The summed E-state index contributed by atoms with van der Waals surface area (Å²) in [6.07, 6.45) is 5.44. The van der Waals surface area contributed by atoms with E-state index in [0.717, 1.165) is 25.7 Å². The molecule has 112 valence electrons. The van der Waals surface area contributed by atoms with Gasteiger partial charge in [0, 0.05) is 6.42 Å². The van der Waals surface area contributed by atoms with Crippen LogP contribution in [0.3, 0.4) is 0 Å². The average Bonchev–Trinajstić information content (AvgIpc) is 3.14. The molecule has 20 heavy (non-hydrogen) atoms. The van der Waals surface area contributed by atoms with E-state index in [0.29, 0.717) is 6.42 Å². The number of allylic oxidation sites excluding steroid dienone is 2. The summed E-state index contributed by atoms with van der Waals surface area (Å²) in [6.45, 7) is 0. The Morgan fingerprint density at radius 2 is 2.15 bits per heavy atom. The molecule has 1 amide bonds. The highest BCUT2D eigenvalue weighted by atomic mass is 32.2. The monoisotopic (exact) mass is 300 g/mol. The number of sulfone groups is 1. The van der Waals surface area contributed by atoms with Crippen molar-refractivity contribution in [3.05, 3.63) is 11.8 Å². The molecule has 3 N–H and O–H groups in total. The second-order valence-electron chi connectivity index (χ2n) is 5.55. The number of nitrogens with two attached hydrogens (primary N) is 1. The van der Waals surface area contributed by atoms with Crippen LogP contribution in [0.25, 0.3) is 0 Å². The van der Waals surface area contributed by atoms with E-state index in [9.17, 15) is 18.0 Å². The Hall–Kier alpha value is -1.21. The Bertz CT molecular complexity index is 535. The van der Waals surface area contributed by atoms with Gasteiger partial charge >= 0.3 is 0 Å². The first-order valence-corrected chi connectivity index (χ1v) is 8.70. The molecule has 2 aliphatic rings. The van der Waals surface area contributed by atoms with Gasteiger partial charge in [0.25, 0.3) is 0 Å². The third-order valence-corrected chi connectivity index (χ3v) is 5.32. The maximum Gasteiger partial charge on any atom is 0.242 e. The molecule has 2 rings (SSSR count). The summed E-state index contributed by atoms with van der Waals surface area (Å²) in [4.78, 5) is 23.4. The lowest BCUT2D eigenvalue weighted by molar-refractivity contribution is -0.123. The van der Waals surface area contributed by atoms with Gasteiger partial charge in [-0.3, -0.25) is 9.59 Å². The van der Waals surface area contributed by atoms with Crippen molar-refractivity contribution in [1.82, 2.24) is 5.32 Å². The second-order valence-corrected chi connectivity index (χ2v) is 7.70. The molecule has 0 aliphatic heterocycles. The molecule has 0 unspecified atom stereocenters. The molecule has 6 nitrogen and oxygen atoms in total. The first-order chi connectivity index (χ1) is 9.37. The summed E-state index contributed by atoms with van der Waals surface area (Å²) in [6, 6.07) is -1.13. The number of hydrogen-bond donors (Lipinski definition) is 2. The van der Waals surface area contributed by atoms with Crippen LogP contribution in [0.5, 0.6) is 0 Å². The summed E-state index contributed by atoms with van der Waals surface area (Å²) < 4.78 is 23.6. The number of hydrogen-bond acceptors (Lipinski definition) is 5. The number of nitrogens with one attached hydrogen (secondary N) is 1. The standard InChI is InChI=1S/C13H20N2O4S/c14-10(8-20(18,19)7-9-5-6-9)13(17)15-11-3-1-2-4-12(11)16/h3,9-10H,1-2,4-8,14H2,(H,15,17)/t10-/m0/s1. The van der Waals surface area contributed by atoms with Crippen molar-refractivity contribution in [1.29, 1.82) is 0 Å². The van der Waals surface area contributed by atoms with Crippen molar-refractivity contribution in [3.63, 3.8) is 0 Å². The molecule has 0 aromatic carbocycles. The van der Waals surface area contributed by atoms with Crippen molar-refractivity contribution in [2.24, 2.45) is 11.7 Å². The summed E-state index contributed by atoms with van der Waals surface area (Å²) in [5.74, 6) is -0.756. The fourth-order valence-electron chi connectivity index (χ4n) is 2.16. The fourth-order valence-corrected chi connectivity index (χ4v) is 4.05. The molecular weight excluding hydrogens is 280 g/mol. The summed E-state index contributed by atoms with van der Waals surface area (Å²) in [7, 11) is -3.31. The molecule has 1 saturated carbocycles. The predicted octanol–water partition coefficient (Wildman–Crippen LogP) is -0.108. The van der Waals surface area contributed by atoms with Gasteiger partial charge < -0.3 is 11.1 Å². The Labute approximate surface area is 118 Å².